The largest absolute Gasteiger partial charge is 0.480 e. The van der Waals surface area contributed by atoms with Gasteiger partial charge >= 0.3 is 5.97 Å². The average molecular weight is 507 g/mol. The standard InChI is InChI=1S/C16H31NO6.C8H15NO3/c1-4-6-20-8-11-23-13-16(19)17-5-7-21-9-10-22-12-15(18)14(2)3;1-6(2)9-7(8(11)12)4-3-5-10/h14H,4-13H2,1-3H3,(H,17,19);5-7,9H,3-4H2,1-2H3,(H,11,12)/t;7-/m.0/s1. The first-order valence-corrected chi connectivity index (χ1v) is 12.2. The maximum Gasteiger partial charge on any atom is 0.320 e. The fourth-order valence-corrected chi connectivity index (χ4v) is 2.32. The van der Waals surface area contributed by atoms with E-state index in [1.807, 2.05) is 34.6 Å². The van der Waals surface area contributed by atoms with Crippen molar-refractivity contribution in [2.24, 2.45) is 5.92 Å². The fourth-order valence-electron chi connectivity index (χ4n) is 2.32. The van der Waals surface area contributed by atoms with Crippen molar-refractivity contribution in [2.45, 2.75) is 66.0 Å². The number of carboxylic acid groups (broad SMARTS) is 1. The monoisotopic (exact) mass is 506 g/mol. The molecule has 11 heteroatoms. The fraction of sp³-hybridized carbons (Fsp3) is 0.833. The molecule has 11 nitrogen and oxygen atoms in total. The predicted octanol–water partition coefficient (Wildman–Crippen LogP) is 1.22. The molecule has 0 aromatic carbocycles. The Bertz CT molecular complexity index is 557. The summed E-state index contributed by atoms with van der Waals surface area (Å²) in [4.78, 5) is 43.3. The lowest BCUT2D eigenvalue weighted by Gasteiger charge is -2.15. The minimum atomic E-state index is -0.898. The van der Waals surface area contributed by atoms with Crippen LogP contribution in [0.1, 0.15) is 53.9 Å². The summed E-state index contributed by atoms with van der Waals surface area (Å²) in [7, 11) is 0. The highest BCUT2D eigenvalue weighted by molar-refractivity contribution is 5.81. The Labute approximate surface area is 209 Å². The minimum Gasteiger partial charge on any atom is -0.480 e. The van der Waals surface area contributed by atoms with Crippen molar-refractivity contribution in [3.63, 3.8) is 0 Å². The smallest absolute Gasteiger partial charge is 0.320 e. The molecule has 0 saturated carbocycles. The van der Waals surface area contributed by atoms with Crippen LogP contribution in [0.15, 0.2) is 0 Å². The second kappa shape index (κ2) is 25.2. The molecule has 0 aromatic heterocycles. The third kappa shape index (κ3) is 26.5. The number of hydrogen-bond donors (Lipinski definition) is 3. The highest BCUT2D eigenvalue weighted by atomic mass is 16.5. The molecule has 0 fully saturated rings. The Morgan fingerprint density at radius 3 is 1.94 bits per heavy atom. The van der Waals surface area contributed by atoms with Gasteiger partial charge in [0.2, 0.25) is 5.91 Å². The van der Waals surface area contributed by atoms with Crippen LogP contribution in [0.3, 0.4) is 0 Å². The average Bonchev–Trinajstić information content (AvgIpc) is 2.80. The van der Waals surface area contributed by atoms with Gasteiger partial charge in [0.15, 0.2) is 5.78 Å². The van der Waals surface area contributed by atoms with Gasteiger partial charge in [-0.15, -0.1) is 0 Å². The van der Waals surface area contributed by atoms with E-state index in [4.69, 9.17) is 24.1 Å². The zero-order valence-corrected chi connectivity index (χ0v) is 22.0. The van der Waals surface area contributed by atoms with Gasteiger partial charge in [0.1, 0.15) is 25.5 Å². The van der Waals surface area contributed by atoms with E-state index in [1.54, 1.807) is 0 Å². The molecule has 1 atom stereocenters. The maximum atomic E-state index is 11.4. The van der Waals surface area contributed by atoms with E-state index in [1.165, 1.54) is 0 Å². The zero-order valence-electron chi connectivity index (χ0n) is 22.0. The van der Waals surface area contributed by atoms with Crippen molar-refractivity contribution >= 4 is 23.9 Å². The molecule has 0 aliphatic rings. The molecule has 0 rings (SSSR count). The number of hydrogen-bond acceptors (Lipinski definition) is 9. The number of ether oxygens (including phenoxy) is 4. The number of Topliss-reactive ketones (excluding diaryl/α,β-unsaturated/α-hetero) is 1. The third-order valence-corrected chi connectivity index (χ3v) is 4.19. The molecule has 0 radical (unpaired) electrons. The van der Waals surface area contributed by atoms with Crippen LogP contribution >= 0.6 is 0 Å². The molecule has 0 bridgehead atoms. The highest BCUT2D eigenvalue weighted by Crippen LogP contribution is 1.97. The molecular weight excluding hydrogens is 460 g/mol. The van der Waals surface area contributed by atoms with Crippen molar-refractivity contribution in [2.75, 3.05) is 59.4 Å². The lowest BCUT2D eigenvalue weighted by molar-refractivity contribution is -0.140. The first-order chi connectivity index (χ1) is 16.6. The molecule has 0 aliphatic carbocycles. The number of carboxylic acids is 1. The van der Waals surface area contributed by atoms with Crippen LogP contribution in [-0.4, -0.2) is 101 Å². The van der Waals surface area contributed by atoms with Crippen molar-refractivity contribution < 1.29 is 43.2 Å². The molecular formula is C24H46N2O9. The first kappa shape index (κ1) is 35.2. The van der Waals surface area contributed by atoms with Crippen LogP contribution in [0.5, 0.6) is 0 Å². The number of nitrogens with one attached hydrogen (secondary N) is 2. The molecule has 3 N–H and O–H groups in total. The molecule has 0 unspecified atom stereocenters. The summed E-state index contributed by atoms with van der Waals surface area (Å²) in [5.41, 5.74) is 0. The molecule has 35 heavy (non-hydrogen) atoms. The summed E-state index contributed by atoms with van der Waals surface area (Å²) < 4.78 is 20.9. The van der Waals surface area contributed by atoms with Gasteiger partial charge in [0.25, 0.3) is 0 Å². The van der Waals surface area contributed by atoms with Crippen LogP contribution in [0, 0.1) is 5.92 Å². The van der Waals surface area contributed by atoms with Gasteiger partial charge in [-0.25, -0.2) is 0 Å². The number of aldehydes is 1. The number of ketones is 1. The summed E-state index contributed by atoms with van der Waals surface area (Å²) in [6, 6.07) is -0.479. The normalized spacial score (nSPS) is 11.6. The Morgan fingerprint density at radius 1 is 0.857 bits per heavy atom. The van der Waals surface area contributed by atoms with E-state index < -0.39 is 12.0 Å². The highest BCUT2D eigenvalue weighted by Gasteiger charge is 2.16. The van der Waals surface area contributed by atoms with Crippen LogP contribution in [0.4, 0.5) is 0 Å². The SMILES string of the molecule is CC(C)N[C@@H](CCC=O)C(=O)O.CCCOCCOCC(=O)NCCOCCOCC(=O)C(C)C. The predicted molar refractivity (Wildman–Crippen MR) is 131 cm³/mol. The van der Waals surface area contributed by atoms with E-state index in [0.29, 0.717) is 52.6 Å². The van der Waals surface area contributed by atoms with Crippen LogP contribution in [0.25, 0.3) is 0 Å². The van der Waals surface area contributed by atoms with E-state index in [0.717, 1.165) is 12.7 Å². The lowest BCUT2D eigenvalue weighted by atomic mass is 10.1. The van der Waals surface area contributed by atoms with E-state index in [9.17, 15) is 19.2 Å². The molecule has 0 aromatic rings. The lowest BCUT2D eigenvalue weighted by Crippen LogP contribution is -2.40. The van der Waals surface area contributed by atoms with E-state index in [-0.39, 0.29) is 43.3 Å². The number of amides is 1. The van der Waals surface area contributed by atoms with Crippen molar-refractivity contribution in [3.8, 4) is 0 Å². The van der Waals surface area contributed by atoms with Gasteiger partial charge in [-0.05, 0) is 12.8 Å². The van der Waals surface area contributed by atoms with Crippen molar-refractivity contribution in [1.82, 2.24) is 10.6 Å². The number of aliphatic carboxylic acids is 1. The first-order valence-electron chi connectivity index (χ1n) is 12.2. The summed E-state index contributed by atoms with van der Waals surface area (Å²) in [5, 5.41) is 14.2. The van der Waals surface area contributed by atoms with Crippen LogP contribution < -0.4 is 10.6 Å². The maximum absolute atomic E-state index is 11.4. The van der Waals surface area contributed by atoms with Gasteiger partial charge in [-0.2, -0.15) is 0 Å². The summed E-state index contributed by atoms with van der Waals surface area (Å²) >= 11 is 0. The Balaban J connectivity index is 0. The summed E-state index contributed by atoms with van der Waals surface area (Å²) in [6.07, 6.45) is 2.35. The number of rotatable bonds is 22. The summed E-state index contributed by atoms with van der Waals surface area (Å²) in [6.45, 7) is 12.8. The summed E-state index contributed by atoms with van der Waals surface area (Å²) in [5.74, 6) is -1.00. The van der Waals surface area contributed by atoms with E-state index >= 15 is 0 Å². The molecule has 0 spiro atoms. The van der Waals surface area contributed by atoms with Gasteiger partial charge in [0.05, 0.1) is 33.0 Å². The molecule has 206 valence electrons. The van der Waals surface area contributed by atoms with Gasteiger partial charge in [-0.3, -0.25) is 14.4 Å². The third-order valence-electron chi connectivity index (χ3n) is 4.19. The molecule has 0 heterocycles. The van der Waals surface area contributed by atoms with Gasteiger partial charge < -0.3 is 39.5 Å². The van der Waals surface area contributed by atoms with Crippen LogP contribution in [-0.2, 0) is 38.1 Å². The van der Waals surface area contributed by atoms with Crippen LogP contribution in [0.2, 0.25) is 0 Å². The minimum absolute atomic E-state index is 0.00782. The quantitative estimate of drug-likeness (QED) is 0.144. The van der Waals surface area contributed by atoms with E-state index in [2.05, 4.69) is 10.6 Å². The van der Waals surface area contributed by atoms with Gasteiger partial charge in [0, 0.05) is 31.5 Å². The van der Waals surface area contributed by atoms with Crippen molar-refractivity contribution in [3.05, 3.63) is 0 Å². The second-order valence-electron chi connectivity index (χ2n) is 8.26. The Kier molecular flexibility index (Phi) is 25.4. The van der Waals surface area contributed by atoms with Gasteiger partial charge in [-0.1, -0.05) is 34.6 Å². The molecule has 1 amide bonds. The zero-order chi connectivity index (χ0) is 26.9. The molecule has 0 aliphatic heterocycles. The Hall–Kier alpha value is -1.92. The van der Waals surface area contributed by atoms with Crippen molar-refractivity contribution in [1.29, 1.82) is 0 Å². The number of carbonyl (C=O) groups is 4. The molecule has 0 saturated heterocycles. The second-order valence-corrected chi connectivity index (χ2v) is 8.26. The number of carbonyl (C=O) groups excluding carboxylic acids is 3. The Morgan fingerprint density at radius 2 is 1.43 bits per heavy atom. The topological polar surface area (TPSA) is 149 Å².